The molecular formula is C18H32O2. The van der Waals surface area contributed by atoms with Crippen LogP contribution in [-0.4, -0.2) is 11.1 Å². The van der Waals surface area contributed by atoms with Crippen LogP contribution >= 0.6 is 0 Å². The maximum absolute atomic E-state index is 10.3. The summed E-state index contributed by atoms with van der Waals surface area (Å²) >= 11 is 0. The van der Waals surface area contributed by atoms with Crippen LogP contribution in [0.5, 0.6) is 0 Å². The first kappa shape index (κ1) is 19.0. The van der Waals surface area contributed by atoms with Crippen LogP contribution in [0.2, 0.25) is 0 Å². The first-order valence-corrected chi connectivity index (χ1v) is 8.45. The van der Waals surface area contributed by atoms with Crippen LogP contribution in [0.3, 0.4) is 0 Å². The van der Waals surface area contributed by atoms with E-state index in [2.05, 4.69) is 18.8 Å². The molecule has 0 bridgehead atoms. The van der Waals surface area contributed by atoms with Gasteiger partial charge in [0.2, 0.25) is 0 Å². The molecule has 0 radical (unpaired) electrons. The predicted molar refractivity (Wildman–Crippen MR) is 85.7 cm³/mol. The molecule has 2 heteroatoms. The Balaban J connectivity index is 3.03. The zero-order valence-electron chi connectivity index (χ0n) is 13.3. The maximum Gasteiger partial charge on any atom is 0.303 e. The third kappa shape index (κ3) is 17.0. The minimum absolute atomic E-state index is 0.334. The van der Waals surface area contributed by atoms with Gasteiger partial charge >= 0.3 is 5.97 Å². The molecule has 2 nitrogen and oxygen atoms in total. The summed E-state index contributed by atoms with van der Waals surface area (Å²) in [5.41, 5.74) is 0. The minimum atomic E-state index is -0.663. The highest BCUT2D eigenvalue weighted by atomic mass is 16.4. The van der Waals surface area contributed by atoms with Crippen molar-refractivity contribution in [3.63, 3.8) is 0 Å². The Hall–Kier alpha value is -0.970. The van der Waals surface area contributed by atoms with Gasteiger partial charge in [-0.3, -0.25) is 4.79 Å². The van der Waals surface area contributed by atoms with Crippen LogP contribution in [0, 0.1) is 11.8 Å². The van der Waals surface area contributed by atoms with E-state index in [1.54, 1.807) is 0 Å². The van der Waals surface area contributed by atoms with Gasteiger partial charge in [0.1, 0.15) is 0 Å². The normalized spacial score (nSPS) is 10.1. The molecule has 0 aromatic carbocycles. The Kier molecular flexibility index (Phi) is 15.3. The lowest BCUT2D eigenvalue weighted by Crippen LogP contribution is -1.93. The van der Waals surface area contributed by atoms with Crippen molar-refractivity contribution < 1.29 is 9.90 Å². The number of carboxylic acids is 1. The molecule has 0 rings (SSSR count). The van der Waals surface area contributed by atoms with Gasteiger partial charge in [-0.2, -0.15) is 0 Å². The van der Waals surface area contributed by atoms with Crippen molar-refractivity contribution in [3.05, 3.63) is 0 Å². The van der Waals surface area contributed by atoms with Crippen molar-refractivity contribution in [2.24, 2.45) is 0 Å². The van der Waals surface area contributed by atoms with Gasteiger partial charge < -0.3 is 5.11 Å². The molecular weight excluding hydrogens is 248 g/mol. The van der Waals surface area contributed by atoms with Crippen molar-refractivity contribution in [3.8, 4) is 11.8 Å². The first-order chi connectivity index (χ1) is 9.77. The average molecular weight is 280 g/mol. The SMILES string of the molecule is CCCC#CCCCCCCCCCCCCC(=O)O. The summed E-state index contributed by atoms with van der Waals surface area (Å²) < 4.78 is 0. The largest absolute Gasteiger partial charge is 0.481 e. The van der Waals surface area contributed by atoms with Crippen LogP contribution in [0.15, 0.2) is 0 Å². The number of aliphatic carboxylic acids is 1. The second-order valence-electron chi connectivity index (χ2n) is 5.53. The highest BCUT2D eigenvalue weighted by Crippen LogP contribution is 2.11. The molecule has 0 fully saturated rings. The van der Waals surface area contributed by atoms with Crippen LogP contribution < -0.4 is 0 Å². The molecule has 1 N–H and O–H groups in total. The van der Waals surface area contributed by atoms with Crippen molar-refractivity contribution in [1.29, 1.82) is 0 Å². The molecule has 0 saturated heterocycles. The third-order valence-corrected chi connectivity index (χ3v) is 3.44. The van der Waals surface area contributed by atoms with E-state index in [4.69, 9.17) is 5.11 Å². The van der Waals surface area contributed by atoms with Gasteiger partial charge in [0.15, 0.2) is 0 Å². The van der Waals surface area contributed by atoms with Gasteiger partial charge in [-0.25, -0.2) is 0 Å². The first-order valence-electron chi connectivity index (χ1n) is 8.45. The molecule has 20 heavy (non-hydrogen) atoms. The fourth-order valence-electron chi connectivity index (χ4n) is 2.21. The molecule has 0 unspecified atom stereocenters. The van der Waals surface area contributed by atoms with E-state index in [-0.39, 0.29) is 0 Å². The molecule has 0 aliphatic rings. The maximum atomic E-state index is 10.3. The molecule has 0 aromatic heterocycles. The van der Waals surface area contributed by atoms with Crippen LogP contribution in [-0.2, 0) is 4.79 Å². The second kappa shape index (κ2) is 16.1. The molecule has 0 atom stereocenters. The van der Waals surface area contributed by atoms with Gasteiger partial charge in [-0.15, -0.1) is 11.8 Å². The summed E-state index contributed by atoms with van der Waals surface area (Å²) in [5.74, 6) is 5.76. The average Bonchev–Trinajstić information content (AvgIpc) is 2.43. The minimum Gasteiger partial charge on any atom is -0.481 e. The van der Waals surface area contributed by atoms with E-state index >= 15 is 0 Å². The van der Waals surface area contributed by atoms with Crippen molar-refractivity contribution in [2.45, 2.75) is 96.8 Å². The van der Waals surface area contributed by atoms with Crippen molar-refractivity contribution in [2.75, 3.05) is 0 Å². The Bertz CT molecular complexity index is 273. The Morgan fingerprint density at radius 2 is 1.20 bits per heavy atom. The molecule has 0 heterocycles. The second-order valence-corrected chi connectivity index (χ2v) is 5.53. The fraction of sp³-hybridized carbons (Fsp3) is 0.833. The lowest BCUT2D eigenvalue weighted by atomic mass is 10.1. The van der Waals surface area contributed by atoms with Crippen molar-refractivity contribution >= 4 is 5.97 Å². The molecule has 0 spiro atoms. The molecule has 0 aliphatic heterocycles. The summed E-state index contributed by atoms with van der Waals surface area (Å²) in [7, 11) is 0. The van der Waals surface area contributed by atoms with E-state index < -0.39 is 5.97 Å². The predicted octanol–water partition coefficient (Wildman–Crippen LogP) is 5.56. The molecule has 0 amide bonds. The Morgan fingerprint density at radius 3 is 1.70 bits per heavy atom. The lowest BCUT2D eigenvalue weighted by Gasteiger charge is -2.01. The van der Waals surface area contributed by atoms with E-state index in [9.17, 15) is 4.79 Å². The number of hydrogen-bond acceptors (Lipinski definition) is 1. The number of carbonyl (C=O) groups is 1. The molecule has 116 valence electrons. The standard InChI is InChI=1S/C18H32O2/c1-2-3-4-5-6-7-8-9-10-11-12-13-14-15-16-17-18(19)20/h2-3,6-17H2,1H3,(H,19,20). The number of rotatable bonds is 13. The Labute approximate surface area is 125 Å². The monoisotopic (exact) mass is 280 g/mol. The number of carboxylic acid groups (broad SMARTS) is 1. The lowest BCUT2D eigenvalue weighted by molar-refractivity contribution is -0.137. The molecule has 0 aromatic rings. The van der Waals surface area contributed by atoms with Gasteiger partial charge in [0.25, 0.3) is 0 Å². The third-order valence-electron chi connectivity index (χ3n) is 3.44. The summed E-state index contributed by atoms with van der Waals surface area (Å²) in [4.78, 5) is 10.3. The number of unbranched alkanes of at least 4 members (excludes halogenated alkanes) is 11. The van der Waals surface area contributed by atoms with Gasteiger partial charge in [-0.1, -0.05) is 58.3 Å². The molecule has 0 aliphatic carbocycles. The Morgan fingerprint density at radius 1 is 0.750 bits per heavy atom. The summed E-state index contributed by atoms with van der Waals surface area (Å²) in [5, 5.41) is 8.51. The van der Waals surface area contributed by atoms with E-state index in [0.29, 0.717) is 6.42 Å². The van der Waals surface area contributed by atoms with Crippen LogP contribution in [0.4, 0.5) is 0 Å². The van der Waals surface area contributed by atoms with Crippen molar-refractivity contribution in [1.82, 2.24) is 0 Å². The molecule has 0 saturated carbocycles. The summed E-state index contributed by atoms with van der Waals surface area (Å²) in [6.45, 7) is 2.17. The van der Waals surface area contributed by atoms with E-state index in [1.807, 2.05) is 0 Å². The zero-order chi connectivity index (χ0) is 14.9. The zero-order valence-corrected chi connectivity index (χ0v) is 13.3. The van der Waals surface area contributed by atoms with Crippen LogP contribution in [0.25, 0.3) is 0 Å². The van der Waals surface area contributed by atoms with Crippen LogP contribution in [0.1, 0.15) is 96.8 Å². The topological polar surface area (TPSA) is 37.3 Å². The number of hydrogen-bond donors (Lipinski definition) is 1. The van der Waals surface area contributed by atoms with Gasteiger partial charge in [0.05, 0.1) is 0 Å². The highest BCUT2D eigenvalue weighted by molar-refractivity contribution is 5.66. The summed E-state index contributed by atoms with van der Waals surface area (Å²) in [6.07, 6.45) is 15.9. The van der Waals surface area contributed by atoms with E-state index in [0.717, 1.165) is 25.7 Å². The highest BCUT2D eigenvalue weighted by Gasteiger charge is 1.96. The smallest absolute Gasteiger partial charge is 0.303 e. The van der Waals surface area contributed by atoms with E-state index in [1.165, 1.54) is 57.8 Å². The van der Waals surface area contributed by atoms with Gasteiger partial charge in [-0.05, 0) is 19.3 Å². The van der Waals surface area contributed by atoms with Gasteiger partial charge in [0, 0.05) is 19.3 Å². The quantitative estimate of drug-likeness (QED) is 0.354. The fourth-order valence-corrected chi connectivity index (χ4v) is 2.21. The summed E-state index contributed by atoms with van der Waals surface area (Å²) in [6, 6.07) is 0.